The molecule has 0 bridgehead atoms. The van der Waals surface area contributed by atoms with Crippen molar-refractivity contribution in [2.45, 2.75) is 42.6 Å². The van der Waals surface area contributed by atoms with E-state index in [1.165, 1.54) is 4.21 Å². The number of likely N-dealkylation sites (tertiary alicyclic amines) is 1. The van der Waals surface area contributed by atoms with Gasteiger partial charge in [0, 0.05) is 42.6 Å². The molecule has 1 fully saturated rings. The lowest BCUT2D eigenvalue weighted by atomic mass is 9.74. The molecule has 1 aliphatic heterocycles. The van der Waals surface area contributed by atoms with Crippen molar-refractivity contribution in [1.29, 1.82) is 0 Å². The summed E-state index contributed by atoms with van der Waals surface area (Å²) in [4.78, 5) is 6.92. The van der Waals surface area contributed by atoms with E-state index >= 15 is 4.39 Å². The molecule has 1 saturated heterocycles. The van der Waals surface area contributed by atoms with E-state index in [4.69, 9.17) is 10.5 Å². The number of piperidine rings is 1. The number of aliphatic hydroxyl groups excluding tert-OH is 1. The monoisotopic (exact) mass is 503 g/mol. The average molecular weight is 504 g/mol. The van der Waals surface area contributed by atoms with Crippen LogP contribution in [0.3, 0.4) is 0 Å². The number of hydrogen-bond acceptors (Lipinski definition) is 7. The summed E-state index contributed by atoms with van der Waals surface area (Å²) in [6.07, 6.45) is 3.33. The number of rotatable bonds is 11. The lowest BCUT2D eigenvalue weighted by Crippen LogP contribution is -2.42. The molecule has 0 amide bonds. The highest BCUT2D eigenvalue weighted by Crippen LogP contribution is 2.41. The number of thiophene rings is 1. The maximum Gasteiger partial charge on any atom is 0.126 e. The molecular formula is C26H34FN3O2S2. The third kappa shape index (κ3) is 5.91. The van der Waals surface area contributed by atoms with Crippen LogP contribution in [0.15, 0.2) is 46.1 Å². The Labute approximate surface area is 209 Å². The molecule has 4 rings (SSSR count). The van der Waals surface area contributed by atoms with Crippen molar-refractivity contribution in [1.82, 2.24) is 9.88 Å². The van der Waals surface area contributed by atoms with Crippen LogP contribution in [0.4, 0.5) is 4.39 Å². The second kappa shape index (κ2) is 11.8. The van der Waals surface area contributed by atoms with Crippen LogP contribution in [-0.2, 0) is 6.54 Å². The second-order valence-corrected chi connectivity index (χ2v) is 11.4. The lowest BCUT2D eigenvalue weighted by Gasteiger charge is -2.41. The van der Waals surface area contributed by atoms with Gasteiger partial charge in [-0.2, -0.15) is 0 Å². The number of thioether (sulfide) groups is 1. The first-order chi connectivity index (χ1) is 16.6. The van der Waals surface area contributed by atoms with Crippen LogP contribution in [0.2, 0.25) is 0 Å². The minimum atomic E-state index is -1.17. The molecule has 3 heterocycles. The van der Waals surface area contributed by atoms with Gasteiger partial charge in [0.1, 0.15) is 11.9 Å². The van der Waals surface area contributed by atoms with Crippen molar-refractivity contribution in [2.75, 3.05) is 39.1 Å². The molecule has 34 heavy (non-hydrogen) atoms. The molecule has 0 unspecified atom stereocenters. The van der Waals surface area contributed by atoms with Gasteiger partial charge in [-0.05, 0) is 79.4 Å². The van der Waals surface area contributed by atoms with Crippen molar-refractivity contribution >= 4 is 34.0 Å². The standard InChI is InChI=1S/C26H34FN3O2S2/c1-32-20-4-5-23-21(15-20)25(19(16-28)17-29-23)22(27)6-7-26(18-31)8-10-30(11-9-26)12-14-34-24-3-2-13-33-24/h2-5,13,15,17,22,31H,6-12,14,16,18,28H2,1H3/t22-/m1/s1. The van der Waals surface area contributed by atoms with Gasteiger partial charge in [0.05, 0.1) is 16.8 Å². The Bertz CT molecular complexity index is 1050. The molecule has 5 nitrogen and oxygen atoms in total. The van der Waals surface area contributed by atoms with Crippen molar-refractivity contribution in [3.63, 3.8) is 0 Å². The summed E-state index contributed by atoms with van der Waals surface area (Å²) in [5, 5.41) is 13.1. The molecule has 3 aromatic rings. The van der Waals surface area contributed by atoms with E-state index in [9.17, 15) is 5.11 Å². The third-order valence-electron chi connectivity index (χ3n) is 7.06. The van der Waals surface area contributed by atoms with Crippen molar-refractivity contribution in [2.24, 2.45) is 11.1 Å². The lowest BCUT2D eigenvalue weighted by molar-refractivity contribution is 0.0322. The molecule has 3 N–H and O–H groups in total. The summed E-state index contributed by atoms with van der Waals surface area (Å²) < 4.78 is 22.5. The number of nitrogens with zero attached hydrogens (tertiary/aromatic N) is 2. The van der Waals surface area contributed by atoms with Crippen molar-refractivity contribution < 1.29 is 14.2 Å². The summed E-state index contributed by atoms with van der Waals surface area (Å²) >= 11 is 3.68. The smallest absolute Gasteiger partial charge is 0.126 e. The van der Waals surface area contributed by atoms with Gasteiger partial charge in [0.25, 0.3) is 0 Å². The molecule has 0 aliphatic carbocycles. The number of methoxy groups -OCH3 is 1. The van der Waals surface area contributed by atoms with Crippen molar-refractivity contribution in [3.8, 4) is 5.75 Å². The van der Waals surface area contributed by atoms with E-state index in [2.05, 4.69) is 27.4 Å². The van der Waals surface area contributed by atoms with E-state index in [0.29, 0.717) is 24.2 Å². The van der Waals surface area contributed by atoms with E-state index in [1.807, 2.05) is 30.0 Å². The summed E-state index contributed by atoms with van der Waals surface area (Å²) in [7, 11) is 1.60. The molecule has 0 saturated carbocycles. The van der Waals surface area contributed by atoms with Gasteiger partial charge in [-0.15, -0.1) is 23.1 Å². The fourth-order valence-corrected chi connectivity index (χ4v) is 6.69. The summed E-state index contributed by atoms with van der Waals surface area (Å²) in [6, 6.07) is 9.78. The van der Waals surface area contributed by atoms with Crippen LogP contribution in [0.25, 0.3) is 10.9 Å². The Morgan fingerprint density at radius 1 is 1.32 bits per heavy atom. The zero-order valence-electron chi connectivity index (χ0n) is 19.7. The number of nitrogens with two attached hydrogens (primary N) is 1. The fraction of sp³-hybridized carbons (Fsp3) is 0.500. The third-order valence-corrected chi connectivity index (χ3v) is 9.17. The quantitative estimate of drug-likeness (QED) is 0.341. The summed E-state index contributed by atoms with van der Waals surface area (Å²) in [5.41, 5.74) is 7.80. The van der Waals surface area contributed by atoms with E-state index in [-0.39, 0.29) is 18.6 Å². The van der Waals surface area contributed by atoms with Gasteiger partial charge in [0.2, 0.25) is 0 Å². The van der Waals surface area contributed by atoms with Gasteiger partial charge in [-0.25, -0.2) is 4.39 Å². The second-order valence-electron chi connectivity index (χ2n) is 9.07. The minimum Gasteiger partial charge on any atom is -0.497 e. The van der Waals surface area contributed by atoms with Gasteiger partial charge in [-0.3, -0.25) is 4.98 Å². The van der Waals surface area contributed by atoms with Crippen LogP contribution in [0, 0.1) is 5.41 Å². The molecule has 0 spiro atoms. The summed E-state index contributed by atoms with van der Waals surface area (Å²) in [5.74, 6) is 1.74. The van der Waals surface area contributed by atoms with Crippen molar-refractivity contribution in [3.05, 3.63) is 53.0 Å². The first-order valence-electron chi connectivity index (χ1n) is 11.9. The predicted octanol–water partition coefficient (Wildman–Crippen LogP) is 5.42. The normalized spacial score (nSPS) is 17.2. The Balaban J connectivity index is 1.38. The number of aromatic nitrogens is 1. The first-order valence-corrected chi connectivity index (χ1v) is 13.7. The van der Waals surface area contributed by atoms with E-state index in [0.717, 1.165) is 54.7 Å². The predicted molar refractivity (Wildman–Crippen MR) is 140 cm³/mol. The highest BCUT2D eigenvalue weighted by atomic mass is 32.2. The molecule has 1 aromatic carbocycles. The van der Waals surface area contributed by atoms with Crippen LogP contribution < -0.4 is 10.5 Å². The average Bonchev–Trinajstić information content (AvgIpc) is 3.40. The molecule has 0 radical (unpaired) electrons. The molecular weight excluding hydrogens is 469 g/mol. The highest BCUT2D eigenvalue weighted by molar-refractivity contribution is 8.01. The number of fused-ring (bicyclic) bond motifs is 1. The van der Waals surface area contributed by atoms with Gasteiger partial charge >= 0.3 is 0 Å². The van der Waals surface area contributed by atoms with Crippen LogP contribution in [0.1, 0.15) is 43.0 Å². The Hall–Kier alpha value is -1.71. The van der Waals surface area contributed by atoms with Crippen LogP contribution in [0.5, 0.6) is 5.75 Å². The van der Waals surface area contributed by atoms with Gasteiger partial charge in [0.15, 0.2) is 0 Å². The molecule has 2 aromatic heterocycles. The number of benzene rings is 1. The number of hydrogen-bond donors (Lipinski definition) is 2. The maximum atomic E-state index is 15.8. The molecule has 184 valence electrons. The Morgan fingerprint density at radius 2 is 2.15 bits per heavy atom. The Morgan fingerprint density at radius 3 is 2.82 bits per heavy atom. The fourth-order valence-electron chi connectivity index (χ4n) is 4.83. The number of alkyl halides is 1. The zero-order chi connectivity index (χ0) is 24.0. The zero-order valence-corrected chi connectivity index (χ0v) is 21.3. The first kappa shape index (κ1) is 25.4. The van der Waals surface area contributed by atoms with E-state index in [1.54, 1.807) is 24.6 Å². The minimum absolute atomic E-state index is 0.103. The SMILES string of the molecule is COc1ccc2ncc(CN)c([C@H](F)CCC3(CO)CCN(CCSc4cccs4)CC3)c2c1. The highest BCUT2D eigenvalue weighted by Gasteiger charge is 2.35. The topological polar surface area (TPSA) is 71.6 Å². The number of ether oxygens (including phenoxy) is 1. The number of aliphatic hydroxyl groups is 1. The number of pyridine rings is 1. The van der Waals surface area contributed by atoms with Gasteiger partial charge < -0.3 is 20.5 Å². The summed E-state index contributed by atoms with van der Waals surface area (Å²) in [6.45, 7) is 3.28. The maximum absolute atomic E-state index is 15.8. The molecule has 1 aliphatic rings. The number of halogens is 1. The largest absolute Gasteiger partial charge is 0.497 e. The van der Waals surface area contributed by atoms with Gasteiger partial charge in [-0.1, -0.05) is 6.07 Å². The Kier molecular flexibility index (Phi) is 8.82. The van der Waals surface area contributed by atoms with Crippen LogP contribution >= 0.6 is 23.1 Å². The van der Waals surface area contributed by atoms with Crippen LogP contribution in [-0.4, -0.2) is 54.1 Å². The van der Waals surface area contributed by atoms with E-state index < -0.39 is 6.17 Å². The molecule has 1 atom stereocenters. The molecule has 8 heteroatoms.